The van der Waals surface area contributed by atoms with Crippen LogP contribution >= 0.6 is 0 Å². The van der Waals surface area contributed by atoms with E-state index in [0.29, 0.717) is 47.5 Å². The summed E-state index contributed by atoms with van der Waals surface area (Å²) >= 11 is 0. The number of pyridine rings is 1. The van der Waals surface area contributed by atoms with Gasteiger partial charge in [0.05, 0.1) is 49.1 Å². The largest absolute Gasteiger partial charge is 0.490 e. The van der Waals surface area contributed by atoms with Gasteiger partial charge in [0, 0.05) is 54.8 Å². The van der Waals surface area contributed by atoms with E-state index in [1.165, 1.54) is 60.8 Å². The molecule has 41 heavy (non-hydrogen) atoms. The Labute approximate surface area is 244 Å². The molecule has 0 unspecified atom stereocenters. The van der Waals surface area contributed by atoms with Crippen molar-refractivity contribution in [3.63, 3.8) is 0 Å². The summed E-state index contributed by atoms with van der Waals surface area (Å²) in [6.45, 7) is 12.9. The van der Waals surface area contributed by atoms with Gasteiger partial charge in [-0.2, -0.15) is 0 Å². The van der Waals surface area contributed by atoms with Crippen molar-refractivity contribution in [2.24, 2.45) is 5.73 Å². The third-order valence-electron chi connectivity index (χ3n) is 8.96. The van der Waals surface area contributed by atoms with Gasteiger partial charge >= 0.3 is 0 Å². The van der Waals surface area contributed by atoms with Crippen LogP contribution < -0.4 is 25.8 Å². The average Bonchev–Trinajstić information content (AvgIpc) is 2.99. The lowest BCUT2D eigenvalue weighted by molar-refractivity contribution is -0.968. The number of hydrogen-bond acceptors (Lipinski definition) is 6. The molecular weight excluding hydrogens is 514 g/mol. The van der Waals surface area contributed by atoms with Crippen molar-refractivity contribution in [1.29, 1.82) is 0 Å². The molecule has 0 atom stereocenters. The third kappa shape index (κ3) is 6.14. The summed E-state index contributed by atoms with van der Waals surface area (Å²) in [5, 5.41) is 7.99. The van der Waals surface area contributed by atoms with Crippen molar-refractivity contribution in [3.8, 4) is 11.5 Å². The molecule has 8 nitrogen and oxygen atoms in total. The minimum Gasteiger partial charge on any atom is -0.490 e. The average molecular weight is 561 g/mol. The summed E-state index contributed by atoms with van der Waals surface area (Å²) in [6.07, 6.45) is 8.89. The van der Waals surface area contributed by atoms with Gasteiger partial charge in [0.25, 0.3) is 5.91 Å². The lowest BCUT2D eigenvalue weighted by Gasteiger charge is -2.49. The summed E-state index contributed by atoms with van der Waals surface area (Å²) in [5.41, 5.74) is 11.3. The molecule has 220 valence electrons. The van der Waals surface area contributed by atoms with Crippen LogP contribution in [0.4, 0.5) is 11.4 Å². The van der Waals surface area contributed by atoms with Gasteiger partial charge in [0.1, 0.15) is 6.54 Å². The van der Waals surface area contributed by atoms with Crippen molar-refractivity contribution in [1.82, 2.24) is 10.3 Å². The number of nitrogens with zero attached hydrogens (tertiary/aromatic N) is 2. The fraction of sp³-hybridized carbons (Fsp3) is 0.515. The van der Waals surface area contributed by atoms with Crippen LogP contribution in [0.15, 0.2) is 36.5 Å². The van der Waals surface area contributed by atoms with Gasteiger partial charge in [-0.15, -0.1) is 0 Å². The highest BCUT2D eigenvalue weighted by Gasteiger charge is 2.39. The van der Waals surface area contributed by atoms with E-state index in [4.69, 9.17) is 15.2 Å². The second-order valence-corrected chi connectivity index (χ2v) is 11.4. The maximum Gasteiger partial charge on any atom is 0.252 e. The van der Waals surface area contributed by atoms with E-state index in [1.54, 1.807) is 6.20 Å². The molecule has 3 aromatic rings. The molecule has 2 saturated heterocycles. The highest BCUT2D eigenvalue weighted by Crippen LogP contribution is 2.39. The number of rotatable bonds is 11. The van der Waals surface area contributed by atoms with E-state index in [2.05, 4.69) is 40.7 Å². The number of benzene rings is 2. The van der Waals surface area contributed by atoms with E-state index in [0.717, 1.165) is 37.1 Å². The summed E-state index contributed by atoms with van der Waals surface area (Å²) in [4.78, 5) is 17.2. The second-order valence-electron chi connectivity index (χ2n) is 11.4. The molecule has 2 aromatic carbocycles. The number of primary amides is 1. The number of carbonyl (C=O) groups excluding carboxylic acids is 1. The molecule has 1 amide bonds. The fourth-order valence-corrected chi connectivity index (χ4v) is 7.00. The highest BCUT2D eigenvalue weighted by molar-refractivity contribution is 6.08. The van der Waals surface area contributed by atoms with Gasteiger partial charge in [0.2, 0.25) is 0 Å². The standard InChI is InChI=1S/C33H45N5O3/c1-4-25-23(22-38(17-8-7-9-18-38)24-13-15-35-16-14-24)11-10-12-28(25)37-32-26-19-30(40-5-2)31(41-6-3)20-29(26)36-21-27(32)33(34)39/h10-12,19-21,24,35H,4-9,13-18,22H2,1-3H3,(H2-,34,36,37,39)/p+1. The number of fused-ring (bicyclic) bond motifs is 1. The lowest BCUT2D eigenvalue weighted by atomic mass is 9.93. The number of aromatic nitrogens is 1. The van der Waals surface area contributed by atoms with Crippen molar-refractivity contribution in [3.05, 3.63) is 53.2 Å². The van der Waals surface area contributed by atoms with Crippen LogP contribution in [0.2, 0.25) is 0 Å². The molecule has 1 aromatic heterocycles. The SMILES string of the molecule is CCOc1cc2ncc(C(N)=O)c(Nc3cccc(C[N+]4(C5CCNCC5)CCCCC4)c3CC)c2cc1OCC. The molecule has 0 saturated carbocycles. The Hall–Kier alpha value is -3.36. The maximum absolute atomic E-state index is 12.6. The van der Waals surface area contributed by atoms with E-state index >= 15 is 0 Å². The van der Waals surface area contributed by atoms with Gasteiger partial charge < -0.3 is 30.3 Å². The molecule has 2 aliphatic rings. The molecular formula is C33H46N5O3+. The minimum atomic E-state index is -0.522. The number of anilines is 2. The number of nitrogens with one attached hydrogen (secondary N) is 2. The van der Waals surface area contributed by atoms with Gasteiger partial charge in [-0.3, -0.25) is 9.78 Å². The van der Waals surface area contributed by atoms with Gasteiger partial charge in [-0.25, -0.2) is 0 Å². The molecule has 2 aliphatic heterocycles. The first kappa shape index (κ1) is 29.1. The Kier molecular flexibility index (Phi) is 9.30. The van der Waals surface area contributed by atoms with E-state index in [9.17, 15) is 4.79 Å². The predicted octanol–water partition coefficient (Wildman–Crippen LogP) is 5.69. The van der Waals surface area contributed by atoms with Crippen molar-refractivity contribution in [2.75, 3.05) is 44.7 Å². The van der Waals surface area contributed by atoms with E-state index in [1.807, 2.05) is 26.0 Å². The van der Waals surface area contributed by atoms with Crippen LogP contribution in [-0.4, -0.2) is 60.8 Å². The fourth-order valence-electron chi connectivity index (χ4n) is 7.00. The normalized spacial score (nSPS) is 17.3. The molecule has 0 spiro atoms. The van der Waals surface area contributed by atoms with E-state index in [-0.39, 0.29) is 0 Å². The van der Waals surface area contributed by atoms with Crippen molar-refractivity contribution < 1.29 is 18.8 Å². The molecule has 4 N–H and O–H groups in total. The zero-order valence-corrected chi connectivity index (χ0v) is 24.9. The summed E-state index contributed by atoms with van der Waals surface area (Å²) in [6, 6.07) is 11.1. The van der Waals surface area contributed by atoms with Crippen LogP contribution in [0.25, 0.3) is 10.9 Å². The maximum atomic E-state index is 12.6. The van der Waals surface area contributed by atoms with Crippen molar-refractivity contribution in [2.45, 2.75) is 71.9 Å². The highest BCUT2D eigenvalue weighted by atomic mass is 16.5. The summed E-state index contributed by atoms with van der Waals surface area (Å²) in [7, 11) is 0. The molecule has 2 fully saturated rings. The van der Waals surface area contributed by atoms with Crippen LogP contribution in [0.1, 0.15) is 74.4 Å². The minimum absolute atomic E-state index is 0.353. The zero-order valence-electron chi connectivity index (χ0n) is 24.9. The van der Waals surface area contributed by atoms with Gasteiger partial charge in [-0.05, 0) is 57.2 Å². The molecule has 0 aliphatic carbocycles. The van der Waals surface area contributed by atoms with Crippen molar-refractivity contribution >= 4 is 28.2 Å². The smallest absolute Gasteiger partial charge is 0.252 e. The number of quaternary nitrogens is 1. The van der Waals surface area contributed by atoms with Crippen LogP contribution in [-0.2, 0) is 13.0 Å². The number of piperidine rings is 2. The Balaban J connectivity index is 1.57. The number of likely N-dealkylation sites (tertiary alicyclic amines) is 1. The third-order valence-corrected chi connectivity index (χ3v) is 8.96. The zero-order chi connectivity index (χ0) is 28.8. The second kappa shape index (κ2) is 13.1. The Morgan fingerprint density at radius 2 is 1.76 bits per heavy atom. The topological polar surface area (TPSA) is 98.5 Å². The number of amides is 1. The van der Waals surface area contributed by atoms with Gasteiger partial charge in [0.15, 0.2) is 11.5 Å². The van der Waals surface area contributed by atoms with Gasteiger partial charge in [-0.1, -0.05) is 19.1 Å². The first-order valence-corrected chi connectivity index (χ1v) is 15.5. The molecule has 3 heterocycles. The monoisotopic (exact) mass is 560 g/mol. The van der Waals surface area contributed by atoms with Crippen LogP contribution in [0.3, 0.4) is 0 Å². The quantitative estimate of drug-likeness (QED) is 0.261. The Bertz CT molecular complexity index is 1360. The number of hydrogen-bond donors (Lipinski definition) is 3. The Morgan fingerprint density at radius 3 is 2.41 bits per heavy atom. The Morgan fingerprint density at radius 1 is 1.05 bits per heavy atom. The number of carbonyl (C=O) groups is 1. The van der Waals surface area contributed by atoms with E-state index < -0.39 is 5.91 Å². The molecule has 5 rings (SSSR count). The molecule has 8 heteroatoms. The number of nitrogens with two attached hydrogens (primary N) is 1. The summed E-state index contributed by atoms with van der Waals surface area (Å²) in [5.74, 6) is 0.736. The lowest BCUT2D eigenvalue weighted by Crippen LogP contribution is -2.60. The first-order valence-electron chi connectivity index (χ1n) is 15.5. The molecule has 0 bridgehead atoms. The van der Waals surface area contributed by atoms with Crippen LogP contribution in [0, 0.1) is 0 Å². The first-order chi connectivity index (χ1) is 20.0. The predicted molar refractivity (Wildman–Crippen MR) is 165 cm³/mol. The van der Waals surface area contributed by atoms with Crippen LogP contribution in [0.5, 0.6) is 11.5 Å². The summed E-state index contributed by atoms with van der Waals surface area (Å²) < 4.78 is 12.9. The number of ether oxygens (including phenoxy) is 2. The molecule has 0 radical (unpaired) electrons.